The SMILES string of the molecule is C/C(=N/NC(=S)Nc1ccc(C)cc1C)c1ccc(C(=O)[O-])s1. The van der Waals surface area contributed by atoms with Gasteiger partial charge in [-0.2, -0.15) is 5.10 Å². The van der Waals surface area contributed by atoms with Gasteiger partial charge in [0.1, 0.15) is 0 Å². The van der Waals surface area contributed by atoms with Gasteiger partial charge in [0.2, 0.25) is 0 Å². The number of carbonyl (C=O) groups is 1. The van der Waals surface area contributed by atoms with E-state index in [-0.39, 0.29) is 4.88 Å². The number of anilines is 1. The van der Waals surface area contributed by atoms with E-state index in [1.165, 1.54) is 11.6 Å². The molecule has 0 saturated carbocycles. The fourth-order valence-corrected chi connectivity index (χ4v) is 2.88. The largest absolute Gasteiger partial charge is 0.544 e. The Hall–Kier alpha value is -2.25. The number of hydrogen-bond acceptors (Lipinski definition) is 5. The van der Waals surface area contributed by atoms with Gasteiger partial charge in [0.15, 0.2) is 5.11 Å². The molecule has 1 aromatic heterocycles. The zero-order chi connectivity index (χ0) is 17.0. The molecular weight excluding hydrogens is 330 g/mol. The van der Waals surface area contributed by atoms with Crippen LogP contribution < -0.4 is 15.8 Å². The Morgan fingerprint density at radius 1 is 1.22 bits per heavy atom. The predicted molar refractivity (Wildman–Crippen MR) is 96.1 cm³/mol. The fourth-order valence-electron chi connectivity index (χ4n) is 1.94. The van der Waals surface area contributed by atoms with Gasteiger partial charge in [-0.25, -0.2) is 0 Å². The van der Waals surface area contributed by atoms with E-state index in [4.69, 9.17) is 12.2 Å². The van der Waals surface area contributed by atoms with E-state index in [1.807, 2.05) is 26.0 Å². The lowest BCUT2D eigenvalue weighted by Gasteiger charge is -2.11. The highest BCUT2D eigenvalue weighted by Gasteiger charge is 2.05. The number of benzene rings is 1. The van der Waals surface area contributed by atoms with Gasteiger partial charge in [-0.05, 0) is 56.8 Å². The summed E-state index contributed by atoms with van der Waals surface area (Å²) in [6.07, 6.45) is 0. The van der Waals surface area contributed by atoms with Crippen LogP contribution >= 0.6 is 23.6 Å². The van der Waals surface area contributed by atoms with Gasteiger partial charge < -0.3 is 15.2 Å². The van der Waals surface area contributed by atoms with E-state index in [2.05, 4.69) is 21.9 Å². The highest BCUT2D eigenvalue weighted by molar-refractivity contribution is 7.80. The van der Waals surface area contributed by atoms with Crippen molar-refractivity contribution in [3.8, 4) is 0 Å². The first-order valence-electron chi connectivity index (χ1n) is 6.87. The molecule has 2 rings (SSSR count). The minimum atomic E-state index is -1.19. The molecule has 0 unspecified atom stereocenters. The molecule has 0 atom stereocenters. The Morgan fingerprint density at radius 3 is 2.52 bits per heavy atom. The molecule has 2 aromatic rings. The molecule has 1 aromatic carbocycles. The number of rotatable bonds is 4. The highest BCUT2D eigenvalue weighted by atomic mass is 32.1. The number of aryl methyl sites for hydroxylation is 2. The average molecular weight is 346 g/mol. The summed E-state index contributed by atoms with van der Waals surface area (Å²) in [5.74, 6) is -1.19. The molecule has 120 valence electrons. The van der Waals surface area contributed by atoms with Crippen molar-refractivity contribution >= 4 is 46.0 Å². The molecule has 0 aliphatic carbocycles. The van der Waals surface area contributed by atoms with Crippen LogP contribution in [-0.2, 0) is 0 Å². The van der Waals surface area contributed by atoms with Crippen molar-refractivity contribution in [3.63, 3.8) is 0 Å². The summed E-state index contributed by atoms with van der Waals surface area (Å²) in [4.78, 5) is 11.7. The molecule has 7 heteroatoms. The maximum atomic E-state index is 10.8. The number of nitrogens with zero attached hydrogens (tertiary/aromatic N) is 1. The van der Waals surface area contributed by atoms with Crippen LogP contribution in [0.1, 0.15) is 32.6 Å². The first kappa shape index (κ1) is 17.1. The van der Waals surface area contributed by atoms with Gasteiger partial charge in [-0.3, -0.25) is 5.43 Å². The molecule has 5 nitrogen and oxygen atoms in total. The minimum absolute atomic E-state index is 0.172. The molecule has 0 amide bonds. The minimum Gasteiger partial charge on any atom is -0.544 e. The number of carboxylic acids is 1. The topological polar surface area (TPSA) is 76.5 Å². The van der Waals surface area contributed by atoms with Crippen LogP contribution in [0.3, 0.4) is 0 Å². The van der Waals surface area contributed by atoms with Gasteiger partial charge in [-0.15, -0.1) is 11.3 Å². The third-order valence-corrected chi connectivity index (χ3v) is 4.49. The van der Waals surface area contributed by atoms with Crippen molar-refractivity contribution in [1.82, 2.24) is 5.43 Å². The second-order valence-corrected chi connectivity index (χ2v) is 6.52. The van der Waals surface area contributed by atoms with Crippen molar-refractivity contribution in [1.29, 1.82) is 0 Å². The third kappa shape index (κ3) is 4.61. The number of thiocarbonyl (C=S) groups is 1. The number of hydrazone groups is 1. The Balaban J connectivity index is 2.00. The molecule has 0 fully saturated rings. The molecule has 0 spiro atoms. The van der Waals surface area contributed by atoms with Crippen molar-refractivity contribution in [2.75, 3.05) is 5.32 Å². The normalized spacial score (nSPS) is 11.2. The summed E-state index contributed by atoms with van der Waals surface area (Å²) in [6.45, 7) is 5.81. The fraction of sp³-hybridized carbons (Fsp3) is 0.188. The maximum Gasteiger partial charge on any atom is 0.191 e. The lowest BCUT2D eigenvalue weighted by Crippen LogP contribution is -2.25. The standard InChI is InChI=1S/C16H17N3O2S2/c1-9-4-5-12(10(2)8-9)17-16(22)19-18-11(3)13-6-7-14(23-13)15(20)21/h4-8H,1-3H3,(H,20,21)(H2,17,19,22)/p-1/b18-11-. The summed E-state index contributed by atoms with van der Waals surface area (Å²) < 4.78 is 0. The smallest absolute Gasteiger partial charge is 0.191 e. The monoisotopic (exact) mass is 346 g/mol. The summed E-state index contributed by atoms with van der Waals surface area (Å²) in [5, 5.41) is 18.4. The van der Waals surface area contributed by atoms with E-state index in [0.717, 1.165) is 27.5 Å². The van der Waals surface area contributed by atoms with E-state index < -0.39 is 5.97 Å². The van der Waals surface area contributed by atoms with E-state index in [9.17, 15) is 9.90 Å². The van der Waals surface area contributed by atoms with Crippen LogP contribution in [-0.4, -0.2) is 16.8 Å². The Kier molecular flexibility index (Phi) is 5.46. The zero-order valence-electron chi connectivity index (χ0n) is 13.0. The van der Waals surface area contributed by atoms with Gasteiger partial charge in [0.25, 0.3) is 0 Å². The number of nitrogens with one attached hydrogen (secondary N) is 2. The third-order valence-electron chi connectivity index (χ3n) is 3.12. The van der Waals surface area contributed by atoms with Crippen LogP contribution in [0.25, 0.3) is 0 Å². The lowest BCUT2D eigenvalue weighted by molar-refractivity contribution is -0.254. The van der Waals surface area contributed by atoms with Crippen LogP contribution in [0.5, 0.6) is 0 Å². The quantitative estimate of drug-likeness (QED) is 0.505. The average Bonchev–Trinajstić information content (AvgIpc) is 2.98. The van der Waals surface area contributed by atoms with Crippen molar-refractivity contribution in [2.45, 2.75) is 20.8 Å². The number of thiophene rings is 1. The number of hydrogen-bond donors (Lipinski definition) is 2. The first-order valence-corrected chi connectivity index (χ1v) is 8.09. The molecule has 1 heterocycles. The van der Waals surface area contributed by atoms with Crippen molar-refractivity contribution < 1.29 is 9.90 Å². The van der Waals surface area contributed by atoms with Gasteiger partial charge in [0, 0.05) is 5.69 Å². The van der Waals surface area contributed by atoms with E-state index in [1.54, 1.807) is 13.0 Å². The van der Waals surface area contributed by atoms with Gasteiger partial charge in [0.05, 0.1) is 21.4 Å². The zero-order valence-corrected chi connectivity index (χ0v) is 14.6. The maximum absolute atomic E-state index is 10.8. The summed E-state index contributed by atoms with van der Waals surface area (Å²) in [7, 11) is 0. The van der Waals surface area contributed by atoms with E-state index in [0.29, 0.717) is 10.8 Å². The number of aromatic carboxylic acids is 1. The van der Waals surface area contributed by atoms with E-state index >= 15 is 0 Å². The molecule has 0 radical (unpaired) electrons. The van der Waals surface area contributed by atoms with Crippen molar-refractivity contribution in [2.24, 2.45) is 5.10 Å². The molecule has 2 N–H and O–H groups in total. The molecule has 0 aliphatic rings. The molecule has 0 aliphatic heterocycles. The van der Waals surface area contributed by atoms with Crippen LogP contribution in [0.4, 0.5) is 5.69 Å². The van der Waals surface area contributed by atoms with Crippen LogP contribution in [0.15, 0.2) is 35.4 Å². The lowest BCUT2D eigenvalue weighted by atomic mass is 10.1. The highest BCUT2D eigenvalue weighted by Crippen LogP contribution is 2.17. The Labute approximate surface area is 144 Å². The number of carboxylic acid groups (broad SMARTS) is 1. The molecule has 0 bridgehead atoms. The Morgan fingerprint density at radius 2 is 1.91 bits per heavy atom. The first-order chi connectivity index (χ1) is 10.9. The molecular formula is C16H16N3O2S2-. The second kappa shape index (κ2) is 7.34. The number of carbonyl (C=O) groups excluding carboxylic acids is 1. The summed E-state index contributed by atoms with van der Waals surface area (Å²) in [5.41, 5.74) is 6.59. The molecule has 0 saturated heterocycles. The summed E-state index contributed by atoms with van der Waals surface area (Å²) in [6, 6.07) is 9.21. The van der Waals surface area contributed by atoms with Crippen LogP contribution in [0.2, 0.25) is 0 Å². The predicted octanol–water partition coefficient (Wildman–Crippen LogP) is 2.44. The molecule has 23 heavy (non-hydrogen) atoms. The van der Waals surface area contributed by atoms with Gasteiger partial charge >= 0.3 is 0 Å². The van der Waals surface area contributed by atoms with Gasteiger partial charge in [-0.1, -0.05) is 17.7 Å². The summed E-state index contributed by atoms with van der Waals surface area (Å²) >= 11 is 6.33. The van der Waals surface area contributed by atoms with Crippen molar-refractivity contribution in [3.05, 3.63) is 51.2 Å². The second-order valence-electron chi connectivity index (χ2n) is 5.03. The Bertz CT molecular complexity index is 781. The van der Waals surface area contributed by atoms with Crippen LogP contribution in [0, 0.1) is 13.8 Å².